The lowest BCUT2D eigenvalue weighted by atomic mass is 10.0. The molecule has 150 valence electrons. The monoisotopic (exact) mass is 432 g/mol. The fourth-order valence-corrected chi connectivity index (χ4v) is 5.48. The number of aliphatic carboxylic acids is 1. The third-order valence-electron chi connectivity index (χ3n) is 4.46. The van der Waals surface area contributed by atoms with E-state index in [4.69, 9.17) is 0 Å². The van der Waals surface area contributed by atoms with E-state index in [1.54, 1.807) is 7.05 Å². The number of amides is 2. The lowest BCUT2D eigenvalue weighted by molar-refractivity contribution is -0.150. The van der Waals surface area contributed by atoms with E-state index in [2.05, 4.69) is 20.8 Å². The van der Waals surface area contributed by atoms with Crippen LogP contribution in [0.25, 0.3) is 0 Å². The van der Waals surface area contributed by atoms with E-state index in [-0.39, 0.29) is 18.0 Å². The summed E-state index contributed by atoms with van der Waals surface area (Å²) in [5.74, 6) is -1.54. The van der Waals surface area contributed by atoms with Gasteiger partial charge in [-0.15, -0.1) is 16.9 Å². The second-order valence-corrected chi connectivity index (χ2v) is 8.55. The van der Waals surface area contributed by atoms with Gasteiger partial charge in [0.2, 0.25) is 11.1 Å². The average Bonchev–Trinajstić information content (AvgIpc) is 3.11. The molecular weight excluding hydrogens is 416 g/mol. The molecule has 12 heteroatoms. The molecule has 2 N–H and O–H groups in total. The van der Waals surface area contributed by atoms with Crippen molar-refractivity contribution in [3.8, 4) is 0 Å². The Kier molecular flexibility index (Phi) is 5.28. The molecule has 1 fully saturated rings. The minimum atomic E-state index is -1.20. The predicted molar refractivity (Wildman–Crippen MR) is 104 cm³/mol. The Bertz CT molecular complexity index is 1010. The Morgan fingerprint density at radius 2 is 2.10 bits per heavy atom. The topological polar surface area (TPSA) is 130 Å². The standard InChI is InChI=1S/C17H16N6O4S2/c1-22-17(19-20-21-22)29-10-8-28-15-12(14(25)23(15)13(10)16(26)27)18-11(24)7-9-5-3-2-4-6-9/h2-6,12,15H,7-8H2,1H3,(H,18,24)(H,26,27)/t12-,15+/m1/s1. The number of rotatable bonds is 6. The number of carbonyl (C=O) groups is 3. The van der Waals surface area contributed by atoms with Gasteiger partial charge in [0.15, 0.2) is 0 Å². The Balaban J connectivity index is 1.48. The molecule has 1 saturated heterocycles. The average molecular weight is 432 g/mol. The second kappa shape index (κ2) is 7.87. The fraction of sp³-hybridized carbons (Fsp3) is 0.294. The summed E-state index contributed by atoms with van der Waals surface area (Å²) in [6.07, 6.45) is 0.157. The SMILES string of the molecule is Cn1nnnc1SC1=C(C(=O)O)N2C(=O)[C@@H](NC(=O)Cc3ccccc3)[C@@H]2SC1. The zero-order valence-corrected chi connectivity index (χ0v) is 16.8. The van der Waals surface area contributed by atoms with Crippen LogP contribution in [0.3, 0.4) is 0 Å². The van der Waals surface area contributed by atoms with Gasteiger partial charge in [-0.25, -0.2) is 9.48 Å². The van der Waals surface area contributed by atoms with E-state index in [0.29, 0.717) is 15.8 Å². The second-order valence-electron chi connectivity index (χ2n) is 6.38. The van der Waals surface area contributed by atoms with Crippen molar-refractivity contribution in [1.82, 2.24) is 30.4 Å². The Labute approximate surface area is 173 Å². The quantitative estimate of drug-likeness (QED) is 0.616. The van der Waals surface area contributed by atoms with E-state index in [0.717, 1.165) is 17.3 Å². The smallest absolute Gasteiger partial charge is 0.353 e. The van der Waals surface area contributed by atoms with Crippen molar-refractivity contribution in [3.63, 3.8) is 0 Å². The van der Waals surface area contributed by atoms with Crippen LogP contribution >= 0.6 is 23.5 Å². The molecule has 2 amide bonds. The number of carboxylic acids is 1. The highest BCUT2D eigenvalue weighted by Crippen LogP contribution is 2.44. The number of carbonyl (C=O) groups excluding carboxylic acids is 2. The molecule has 29 heavy (non-hydrogen) atoms. The molecule has 0 aliphatic carbocycles. The van der Waals surface area contributed by atoms with Gasteiger partial charge in [-0.05, 0) is 27.8 Å². The molecule has 3 heterocycles. The summed E-state index contributed by atoms with van der Waals surface area (Å²) in [5.41, 5.74) is 0.757. The van der Waals surface area contributed by atoms with Crippen molar-refractivity contribution in [1.29, 1.82) is 0 Å². The lowest BCUT2D eigenvalue weighted by Gasteiger charge is -2.49. The van der Waals surface area contributed by atoms with Crippen molar-refractivity contribution in [3.05, 3.63) is 46.5 Å². The van der Waals surface area contributed by atoms with Crippen LogP contribution in [0.1, 0.15) is 5.56 Å². The summed E-state index contributed by atoms with van der Waals surface area (Å²) in [4.78, 5) is 38.6. The highest BCUT2D eigenvalue weighted by Gasteiger charge is 2.54. The van der Waals surface area contributed by atoms with E-state index < -0.39 is 23.3 Å². The first-order valence-corrected chi connectivity index (χ1v) is 10.5. The van der Waals surface area contributed by atoms with Gasteiger partial charge in [-0.3, -0.25) is 14.5 Å². The van der Waals surface area contributed by atoms with Gasteiger partial charge in [-0.2, -0.15) is 0 Å². The Morgan fingerprint density at radius 1 is 1.34 bits per heavy atom. The van der Waals surface area contributed by atoms with Crippen molar-refractivity contribution in [2.45, 2.75) is 23.0 Å². The Morgan fingerprint density at radius 3 is 2.76 bits per heavy atom. The number of β-lactam (4-membered cyclic amide) rings is 1. The molecule has 2 aliphatic rings. The van der Waals surface area contributed by atoms with E-state index >= 15 is 0 Å². The van der Waals surface area contributed by atoms with Crippen LogP contribution in [-0.2, 0) is 27.9 Å². The molecule has 0 saturated carbocycles. The molecule has 0 radical (unpaired) electrons. The lowest BCUT2D eigenvalue weighted by Crippen LogP contribution is -2.70. The highest BCUT2D eigenvalue weighted by atomic mass is 32.2. The van der Waals surface area contributed by atoms with Crippen molar-refractivity contribution < 1.29 is 19.5 Å². The first-order chi connectivity index (χ1) is 14.0. The van der Waals surface area contributed by atoms with Crippen LogP contribution < -0.4 is 5.32 Å². The number of hydrogen-bond donors (Lipinski definition) is 2. The first-order valence-electron chi connectivity index (χ1n) is 8.60. The Hall–Kier alpha value is -2.86. The van der Waals surface area contributed by atoms with Crippen LogP contribution in [0, 0.1) is 0 Å². The fourth-order valence-electron chi connectivity index (χ4n) is 3.09. The van der Waals surface area contributed by atoms with E-state index in [1.807, 2.05) is 30.3 Å². The number of aromatic nitrogens is 4. The molecular formula is C17H16N6O4S2. The van der Waals surface area contributed by atoms with Crippen LogP contribution in [0.2, 0.25) is 0 Å². The molecule has 0 unspecified atom stereocenters. The first kappa shape index (κ1) is 19.5. The number of tetrazole rings is 1. The molecule has 0 bridgehead atoms. The van der Waals surface area contributed by atoms with Gasteiger partial charge >= 0.3 is 5.97 Å². The van der Waals surface area contributed by atoms with Gasteiger partial charge < -0.3 is 10.4 Å². The van der Waals surface area contributed by atoms with E-state index in [1.165, 1.54) is 21.3 Å². The normalized spacial score (nSPS) is 20.9. The number of carboxylic acid groups (broad SMARTS) is 1. The van der Waals surface area contributed by atoms with Crippen LogP contribution in [0.4, 0.5) is 0 Å². The maximum Gasteiger partial charge on any atom is 0.353 e. The minimum absolute atomic E-state index is 0.0830. The number of hydrogen-bond acceptors (Lipinski definition) is 8. The van der Waals surface area contributed by atoms with Gasteiger partial charge in [0.05, 0.1) is 6.42 Å². The summed E-state index contributed by atoms with van der Waals surface area (Å²) in [6.45, 7) is 0. The third kappa shape index (κ3) is 3.72. The maximum absolute atomic E-state index is 12.7. The molecule has 10 nitrogen and oxygen atoms in total. The van der Waals surface area contributed by atoms with Crippen LogP contribution in [-0.4, -0.2) is 65.2 Å². The summed E-state index contributed by atoms with van der Waals surface area (Å²) in [7, 11) is 1.65. The summed E-state index contributed by atoms with van der Waals surface area (Å²) in [6, 6.07) is 8.46. The molecule has 1 aromatic heterocycles. The molecule has 4 rings (SSSR count). The molecule has 2 aromatic rings. The number of fused-ring (bicyclic) bond motifs is 1. The van der Waals surface area contributed by atoms with Crippen LogP contribution in [0.5, 0.6) is 0 Å². The largest absolute Gasteiger partial charge is 0.477 e. The number of nitrogens with zero attached hydrogens (tertiary/aromatic N) is 5. The number of nitrogens with one attached hydrogen (secondary N) is 1. The summed E-state index contributed by atoms with van der Waals surface area (Å²) < 4.78 is 1.43. The zero-order valence-electron chi connectivity index (χ0n) is 15.2. The molecule has 2 atom stereocenters. The third-order valence-corrected chi connectivity index (χ3v) is 7.03. The van der Waals surface area contributed by atoms with Gasteiger partial charge in [0.1, 0.15) is 17.1 Å². The number of benzene rings is 1. The van der Waals surface area contributed by atoms with Crippen molar-refractivity contribution in [2.24, 2.45) is 7.05 Å². The van der Waals surface area contributed by atoms with Crippen LogP contribution in [0.15, 0.2) is 46.1 Å². The minimum Gasteiger partial charge on any atom is -0.477 e. The van der Waals surface area contributed by atoms with Gasteiger partial charge in [0, 0.05) is 17.7 Å². The number of aryl methyl sites for hydroxylation is 1. The number of thioether (sulfide) groups is 2. The predicted octanol–water partition coefficient (Wildman–Crippen LogP) is 0.241. The maximum atomic E-state index is 12.7. The zero-order chi connectivity index (χ0) is 20.5. The molecule has 1 aromatic carbocycles. The van der Waals surface area contributed by atoms with Gasteiger partial charge in [0.25, 0.3) is 5.91 Å². The highest BCUT2D eigenvalue weighted by molar-refractivity contribution is 8.06. The van der Waals surface area contributed by atoms with E-state index in [9.17, 15) is 19.5 Å². The molecule has 2 aliphatic heterocycles. The molecule has 0 spiro atoms. The van der Waals surface area contributed by atoms with Crippen molar-refractivity contribution >= 4 is 41.3 Å². The summed E-state index contributed by atoms with van der Waals surface area (Å²) >= 11 is 2.52. The van der Waals surface area contributed by atoms with Crippen molar-refractivity contribution in [2.75, 3.05) is 5.75 Å². The van der Waals surface area contributed by atoms with Gasteiger partial charge in [-0.1, -0.05) is 30.3 Å². The summed E-state index contributed by atoms with van der Waals surface area (Å²) in [5, 5.41) is 23.5.